The predicted octanol–water partition coefficient (Wildman–Crippen LogP) is 16.1. The Labute approximate surface area is 827 Å². The van der Waals surface area contributed by atoms with Gasteiger partial charge in [0.25, 0.3) is 57.2 Å². The number of hydrogen-bond acceptors (Lipinski definition) is 23. The van der Waals surface area contributed by atoms with E-state index in [1.54, 1.807) is 79.9 Å². The van der Waals surface area contributed by atoms with Crippen LogP contribution in [0.15, 0.2) is 281 Å². The van der Waals surface area contributed by atoms with Crippen LogP contribution in [-0.2, 0) is 36.6 Å². The highest BCUT2D eigenvalue weighted by molar-refractivity contribution is 6.32. The average Bonchev–Trinajstić information content (AvgIpc) is 1.60. The number of hydrogen-bond donors (Lipinski definition) is 9. The SMILES string of the molecule is C=C(NCC1(COC)CC1)c1ccccc1OCc1cc(=O)n2[nH]c(-c3ccccc3)nc2n1.O=C(CCC1(CO)CC1)c1ccccc1OCc1cc(=O)n2[nH]c(-c3ccccc3)nc2n1.O=C(NCC1(CO)CCCC1)c1ccccc1OCc1nc2nc(-c3ccccc3)[nH]n2c(=O)c1Cl.O=C(NCC1(c2ccccc2Cl)CC1)c1ccccc1OCc1nc2nc(-c3ccccc3)[nH]n2c(=O)c1Cl. The first-order valence-corrected chi connectivity index (χ1v) is 47.6. The molecule has 0 spiro atoms. The van der Waals surface area contributed by atoms with Gasteiger partial charge in [-0.15, -0.1) is 0 Å². The number of aliphatic hydroxyl groups is 2. The molecule has 4 aliphatic rings. The number of Topliss-reactive ketones (excluding diaryl/α,β-unsaturated/α-hetero) is 1. The van der Waals surface area contributed by atoms with E-state index >= 15 is 0 Å². The minimum absolute atomic E-state index is 0.0198. The van der Waals surface area contributed by atoms with Crippen LogP contribution in [0.3, 0.4) is 0 Å². The Morgan fingerprint density at radius 3 is 1.17 bits per heavy atom. The van der Waals surface area contributed by atoms with Gasteiger partial charge in [0.05, 0.1) is 41.3 Å². The first-order valence-electron chi connectivity index (χ1n) is 46.5. The van der Waals surface area contributed by atoms with E-state index in [-0.39, 0.29) is 129 Å². The van der Waals surface area contributed by atoms with Crippen molar-refractivity contribution in [3.8, 4) is 68.5 Å². The maximum Gasteiger partial charge on any atom is 0.293 e. The van der Waals surface area contributed by atoms with Gasteiger partial charge in [-0.1, -0.05) is 242 Å². The van der Waals surface area contributed by atoms with Crippen LogP contribution in [0.2, 0.25) is 15.1 Å². The zero-order valence-electron chi connectivity index (χ0n) is 77.3. The molecule has 2 amide bonds. The molecule has 0 unspecified atom stereocenters. The monoisotopic (exact) mass is 1970 g/mol. The molecule has 724 valence electrons. The average molecular weight is 1970 g/mol. The summed E-state index contributed by atoms with van der Waals surface area (Å²) < 4.78 is 34.2. The van der Waals surface area contributed by atoms with Crippen LogP contribution in [-0.4, -0.2) is 153 Å². The van der Waals surface area contributed by atoms with E-state index in [1.165, 1.54) is 30.2 Å². The smallest absolute Gasteiger partial charge is 0.293 e. The van der Waals surface area contributed by atoms with Crippen molar-refractivity contribution in [1.82, 2.24) is 94.3 Å². The molecule has 21 rings (SSSR count). The van der Waals surface area contributed by atoms with Crippen molar-refractivity contribution in [2.45, 2.75) is 109 Å². The molecule has 8 heterocycles. The Morgan fingerprint density at radius 1 is 0.394 bits per heavy atom. The fourth-order valence-corrected chi connectivity index (χ4v) is 17.7. The Kier molecular flexibility index (Phi) is 29.3. The van der Waals surface area contributed by atoms with Gasteiger partial charge in [0, 0.05) is 107 Å². The molecule has 9 N–H and O–H groups in total. The second-order valence-corrected chi connectivity index (χ2v) is 37.0. The van der Waals surface area contributed by atoms with Crippen LogP contribution in [0.25, 0.3) is 74.4 Å². The summed E-state index contributed by atoms with van der Waals surface area (Å²) >= 11 is 19.1. The molecule has 4 fully saturated rings. The van der Waals surface area contributed by atoms with Gasteiger partial charge in [0.1, 0.15) is 70.9 Å². The zero-order chi connectivity index (χ0) is 98.5. The maximum atomic E-state index is 13.2. The number of H-pyrrole nitrogens is 4. The van der Waals surface area contributed by atoms with Gasteiger partial charge in [0.15, 0.2) is 29.1 Å². The molecule has 36 heteroatoms. The van der Waals surface area contributed by atoms with Crippen LogP contribution in [0.4, 0.5) is 0 Å². The third-order valence-corrected chi connectivity index (χ3v) is 27.0. The fraction of sp³-hybridized carbons (Fsp3) is 0.255. The largest absolute Gasteiger partial charge is 0.487 e. The van der Waals surface area contributed by atoms with Crippen molar-refractivity contribution in [2.24, 2.45) is 16.2 Å². The fourth-order valence-electron chi connectivity index (χ4n) is 17.0. The second kappa shape index (κ2) is 43.1. The van der Waals surface area contributed by atoms with Crippen molar-refractivity contribution in [3.63, 3.8) is 0 Å². The standard InChI is InChI=1S/C29H23Cl2N5O3.C26H26ClN5O4.C26H27N5O3.C25H24N4O4/c30-21-12-6-5-11-20(21)29(14-15-29)17-32-26(37)19-10-4-7-13-23(19)39-16-22-24(31)27(38)36-28(33-22)34-25(35-36)18-8-2-1-3-9-18;27-21-19(29-25-30-22(31-32(25)24(21)35)17-8-2-1-3-9-17)14-36-20-11-5-4-10-18(20)23(34)28-15-26(16-33)12-6-7-13-26;1-18(27-16-26(12-13-26)17-33-2)21-10-6-7-11-22(21)34-15-20-14-23(32)31-25(28-20)29-24(30-31)19-8-4-3-5-9-19;30-16-25(12-13-25)11-10-20(31)19-8-4-5-9-21(19)33-15-18-14-22(32)29-24(26-18)27-23(28-29)17-6-2-1-3-7-17/h1-13H,14-17H2,(H,32,37)(H,33,34,35);1-5,8-11,33H,6-7,12-16H2,(H,28,34)(H,29,30,31);3-11,14,27H,1,12-13,15-17H2,2H3,(H,28,29,30);1-9,14,30H,10-13,15-16H2,(H,26,27,28). The number of methoxy groups -OCH3 is 1. The highest BCUT2D eigenvalue weighted by Crippen LogP contribution is 2.51. The first kappa shape index (κ1) is 96.7. The van der Waals surface area contributed by atoms with E-state index in [0.717, 1.165) is 116 Å². The van der Waals surface area contributed by atoms with Gasteiger partial charge in [-0.05, 0) is 123 Å². The van der Waals surface area contributed by atoms with Crippen molar-refractivity contribution >= 4 is 81.2 Å². The first-order chi connectivity index (χ1) is 69.1. The molecule has 0 atom stereocenters. The molecule has 9 aromatic carbocycles. The summed E-state index contributed by atoms with van der Waals surface area (Å²) in [5, 5.41) is 41.1. The molecule has 0 aliphatic heterocycles. The van der Waals surface area contributed by atoms with Gasteiger partial charge >= 0.3 is 0 Å². The summed E-state index contributed by atoms with van der Waals surface area (Å²) in [5.74, 6) is 4.22. The van der Waals surface area contributed by atoms with Crippen LogP contribution in [0.5, 0.6) is 23.0 Å². The summed E-state index contributed by atoms with van der Waals surface area (Å²) in [4.78, 5) is 125. The van der Waals surface area contributed by atoms with Crippen LogP contribution in [0, 0.1) is 16.2 Å². The Morgan fingerprint density at radius 2 is 0.754 bits per heavy atom. The van der Waals surface area contributed by atoms with Crippen molar-refractivity contribution in [2.75, 3.05) is 46.6 Å². The van der Waals surface area contributed by atoms with Crippen molar-refractivity contribution in [1.29, 1.82) is 0 Å². The lowest BCUT2D eigenvalue weighted by molar-refractivity contribution is 0.0874. The lowest BCUT2D eigenvalue weighted by atomic mass is 9.87. The number of aromatic nitrogens is 16. The number of aromatic amines is 4. The van der Waals surface area contributed by atoms with E-state index < -0.39 is 11.1 Å². The van der Waals surface area contributed by atoms with Crippen LogP contribution in [0.1, 0.15) is 142 Å². The number of fused-ring (bicyclic) bond motifs is 4. The molecular formula is C106H100Cl3N19O14. The topological polar surface area (TPSA) is 426 Å². The van der Waals surface area contributed by atoms with E-state index in [1.807, 2.05) is 170 Å². The molecule has 33 nitrogen and oxygen atoms in total. The molecule has 4 aliphatic carbocycles. The maximum absolute atomic E-state index is 13.2. The number of para-hydroxylation sites is 4. The number of ether oxygens (including phenoxy) is 5. The number of aliphatic hydroxyl groups excluding tert-OH is 2. The van der Waals surface area contributed by atoms with Gasteiger partial charge in [-0.2, -0.15) is 38.0 Å². The van der Waals surface area contributed by atoms with Crippen molar-refractivity contribution in [3.05, 3.63) is 368 Å². The van der Waals surface area contributed by atoms with E-state index in [0.29, 0.717) is 111 Å². The number of rotatable bonds is 35. The number of benzene rings is 9. The molecule has 8 aromatic heterocycles. The van der Waals surface area contributed by atoms with E-state index in [2.05, 4.69) is 82.8 Å². The predicted molar refractivity (Wildman–Crippen MR) is 537 cm³/mol. The number of ketones is 1. The van der Waals surface area contributed by atoms with Crippen LogP contribution >= 0.6 is 34.8 Å². The second-order valence-electron chi connectivity index (χ2n) is 35.8. The normalized spacial score (nSPS) is 14.2. The lowest BCUT2D eigenvalue weighted by Gasteiger charge is -2.26. The Hall–Kier alpha value is -15.5. The molecule has 17 aromatic rings. The number of amides is 2. The minimum Gasteiger partial charge on any atom is -0.487 e. The van der Waals surface area contributed by atoms with Gasteiger partial charge in [0.2, 0.25) is 0 Å². The molecule has 0 bridgehead atoms. The van der Waals surface area contributed by atoms with Gasteiger partial charge in [-0.3, -0.25) is 54.0 Å². The Bertz CT molecular complexity index is 7720. The third kappa shape index (κ3) is 22.3. The third-order valence-electron chi connectivity index (χ3n) is 25.9. The zero-order valence-corrected chi connectivity index (χ0v) is 79.6. The molecule has 0 radical (unpaired) electrons. The lowest BCUT2D eigenvalue weighted by Crippen LogP contribution is -2.38. The molecule has 4 saturated carbocycles. The van der Waals surface area contributed by atoms with E-state index in [9.17, 15) is 43.8 Å². The summed E-state index contributed by atoms with van der Waals surface area (Å²) in [6.07, 6.45) is 11.1. The van der Waals surface area contributed by atoms with Gasteiger partial charge < -0.3 is 49.8 Å². The minimum atomic E-state index is -0.494. The van der Waals surface area contributed by atoms with Crippen LogP contribution < -0.4 is 57.1 Å². The molecule has 0 saturated heterocycles. The number of nitrogens with one attached hydrogen (secondary N) is 7. The Balaban J connectivity index is 0.000000125. The summed E-state index contributed by atoms with van der Waals surface area (Å²) in [7, 11) is 1.74. The summed E-state index contributed by atoms with van der Waals surface area (Å²) in [5.41, 5.74) is 6.82. The quantitative estimate of drug-likeness (QED) is 0.0167. The van der Waals surface area contributed by atoms with E-state index in [4.69, 9.17) is 58.5 Å². The highest BCUT2D eigenvalue weighted by Gasteiger charge is 2.46. The van der Waals surface area contributed by atoms with Crippen molar-refractivity contribution < 1.29 is 48.3 Å². The molecule has 142 heavy (non-hydrogen) atoms. The number of halogens is 3. The molecular weight excluding hydrogens is 1870 g/mol. The van der Waals surface area contributed by atoms with Gasteiger partial charge in [-0.25, -0.2) is 19.9 Å². The number of carbonyl (C=O) groups is 3. The highest BCUT2D eigenvalue weighted by atomic mass is 35.5. The summed E-state index contributed by atoms with van der Waals surface area (Å²) in [6.45, 7) is 6.73. The number of nitrogens with zero attached hydrogens (tertiary/aromatic N) is 12. The summed E-state index contributed by atoms with van der Waals surface area (Å²) in [6, 6.07) is 77.0. The number of carbonyl (C=O) groups excluding carboxylic acids is 3.